The molecule has 114 valence electrons. The first-order chi connectivity index (χ1) is 8.98. The first-order valence-electron chi connectivity index (χ1n) is 7.18. The third-order valence-electron chi connectivity index (χ3n) is 3.60. The second kappa shape index (κ2) is 5.72. The van der Waals surface area contributed by atoms with Crippen LogP contribution in [0.25, 0.3) is 0 Å². The molecule has 2 nitrogen and oxygen atoms in total. The van der Waals surface area contributed by atoms with Crippen molar-refractivity contribution in [2.75, 3.05) is 6.67 Å². The Hall–Kier alpha value is -1.09. The second-order valence-electron chi connectivity index (χ2n) is 7.55. The highest BCUT2D eigenvalue weighted by molar-refractivity contribution is 5.50. The van der Waals surface area contributed by atoms with Gasteiger partial charge in [0.05, 0.1) is 6.67 Å². The summed E-state index contributed by atoms with van der Waals surface area (Å²) in [6, 6.07) is 3.51. The largest absolute Gasteiger partial charge is 0.507 e. The van der Waals surface area contributed by atoms with Gasteiger partial charge < -0.3 is 10.8 Å². The van der Waals surface area contributed by atoms with Crippen molar-refractivity contribution in [2.24, 2.45) is 5.73 Å². The highest BCUT2D eigenvalue weighted by Crippen LogP contribution is 2.40. The lowest BCUT2D eigenvalue weighted by Crippen LogP contribution is -2.20. The van der Waals surface area contributed by atoms with Crippen molar-refractivity contribution in [3.63, 3.8) is 0 Å². The minimum absolute atomic E-state index is 0.185. The number of hydrogen-bond donors (Lipinski definition) is 2. The molecule has 0 spiro atoms. The molecule has 0 aliphatic rings. The molecule has 0 aliphatic heterocycles. The summed E-state index contributed by atoms with van der Waals surface area (Å²) >= 11 is 0. The Morgan fingerprint density at radius 3 is 1.75 bits per heavy atom. The van der Waals surface area contributed by atoms with Crippen LogP contribution in [0.5, 0.6) is 5.75 Å². The van der Waals surface area contributed by atoms with Crippen LogP contribution in [0, 0.1) is 0 Å². The third kappa shape index (κ3) is 3.72. The molecule has 0 aliphatic carbocycles. The van der Waals surface area contributed by atoms with Gasteiger partial charge in [-0.1, -0.05) is 53.7 Å². The van der Waals surface area contributed by atoms with Crippen molar-refractivity contribution in [1.82, 2.24) is 0 Å². The molecule has 3 N–H and O–H groups in total. The molecule has 0 aromatic heterocycles. The average molecular weight is 281 g/mol. The average Bonchev–Trinajstić information content (AvgIpc) is 2.26. The highest BCUT2D eigenvalue weighted by Gasteiger charge is 2.27. The van der Waals surface area contributed by atoms with E-state index in [9.17, 15) is 9.50 Å². The maximum Gasteiger partial charge on any atom is 0.123 e. The standard InChI is InChI=1S/C17H28FNO/c1-16(2,3)12-9-11(14(19)7-8-18)10-13(15(12)20)17(4,5)6/h9-10,14,20H,7-8,19H2,1-6H3/t14-/m1/s1. The van der Waals surface area contributed by atoms with Crippen molar-refractivity contribution in [2.45, 2.75) is 64.8 Å². The van der Waals surface area contributed by atoms with Gasteiger partial charge in [0.15, 0.2) is 0 Å². The van der Waals surface area contributed by atoms with E-state index in [1.54, 1.807) is 0 Å². The fourth-order valence-corrected chi connectivity index (χ4v) is 2.30. The predicted molar refractivity (Wildman–Crippen MR) is 83.0 cm³/mol. The lowest BCUT2D eigenvalue weighted by molar-refractivity contribution is 0.419. The summed E-state index contributed by atoms with van der Waals surface area (Å²) in [6.07, 6.45) is 0.304. The predicted octanol–water partition coefficient (Wildman–Crippen LogP) is 4.35. The molecule has 1 rings (SSSR count). The number of hydrogen-bond acceptors (Lipinski definition) is 2. The van der Waals surface area contributed by atoms with Crippen molar-refractivity contribution in [3.8, 4) is 5.75 Å². The molecule has 0 amide bonds. The number of phenolic OH excluding ortho intramolecular Hbond substituents is 1. The fourth-order valence-electron chi connectivity index (χ4n) is 2.30. The van der Waals surface area contributed by atoms with Crippen LogP contribution >= 0.6 is 0 Å². The van der Waals surface area contributed by atoms with Crippen molar-refractivity contribution < 1.29 is 9.50 Å². The Morgan fingerprint density at radius 2 is 1.45 bits per heavy atom. The summed E-state index contributed by atoms with van der Waals surface area (Å²) in [5, 5.41) is 10.6. The van der Waals surface area contributed by atoms with Crippen LogP contribution in [0.2, 0.25) is 0 Å². The minimum Gasteiger partial charge on any atom is -0.507 e. The van der Waals surface area contributed by atoms with Crippen molar-refractivity contribution in [3.05, 3.63) is 28.8 Å². The Morgan fingerprint density at radius 1 is 1.05 bits per heavy atom. The summed E-state index contributed by atoms with van der Waals surface area (Å²) in [7, 11) is 0. The van der Waals surface area contributed by atoms with Crippen LogP contribution in [0.15, 0.2) is 12.1 Å². The van der Waals surface area contributed by atoms with Gasteiger partial charge in [0.1, 0.15) is 5.75 Å². The molecule has 20 heavy (non-hydrogen) atoms. The Kier molecular flexibility index (Phi) is 4.86. The van der Waals surface area contributed by atoms with E-state index in [0.29, 0.717) is 12.2 Å². The zero-order chi connectivity index (χ0) is 15.7. The van der Waals surface area contributed by atoms with E-state index in [4.69, 9.17) is 5.73 Å². The number of alkyl halides is 1. The first-order valence-corrected chi connectivity index (χ1v) is 7.18. The molecule has 1 aromatic carbocycles. The van der Waals surface area contributed by atoms with Crippen LogP contribution in [-0.4, -0.2) is 11.8 Å². The van der Waals surface area contributed by atoms with Gasteiger partial charge in [-0.05, 0) is 33.9 Å². The van der Waals surface area contributed by atoms with Gasteiger partial charge >= 0.3 is 0 Å². The number of nitrogens with two attached hydrogens (primary N) is 1. The molecule has 0 unspecified atom stereocenters. The Labute approximate surface area is 122 Å². The van der Waals surface area contributed by atoms with Gasteiger partial charge in [0, 0.05) is 6.04 Å². The summed E-state index contributed by atoms with van der Waals surface area (Å²) < 4.78 is 12.5. The maximum atomic E-state index is 12.5. The van der Waals surface area contributed by atoms with E-state index in [1.165, 1.54) is 0 Å². The fraction of sp³-hybridized carbons (Fsp3) is 0.647. The van der Waals surface area contributed by atoms with E-state index in [2.05, 4.69) is 41.5 Å². The van der Waals surface area contributed by atoms with Crippen LogP contribution in [0.1, 0.15) is 70.7 Å². The molecule has 0 saturated carbocycles. The van der Waals surface area contributed by atoms with Gasteiger partial charge in [-0.3, -0.25) is 4.39 Å². The van der Waals surface area contributed by atoms with Crippen LogP contribution in [-0.2, 0) is 10.8 Å². The Bertz CT molecular complexity index is 434. The molecule has 0 fully saturated rings. The second-order valence-corrected chi connectivity index (χ2v) is 7.55. The number of aromatic hydroxyl groups is 1. The quantitative estimate of drug-likeness (QED) is 0.865. The van der Waals surface area contributed by atoms with Crippen LogP contribution < -0.4 is 5.73 Å². The number of halogens is 1. The van der Waals surface area contributed by atoms with Gasteiger partial charge in [0.2, 0.25) is 0 Å². The third-order valence-corrected chi connectivity index (χ3v) is 3.60. The molecule has 3 heteroatoms. The van der Waals surface area contributed by atoms with Crippen LogP contribution in [0.4, 0.5) is 4.39 Å². The van der Waals surface area contributed by atoms with E-state index in [0.717, 1.165) is 16.7 Å². The SMILES string of the molecule is CC(C)(C)c1cc([C@H](N)CCF)cc(C(C)(C)C)c1O. The molecule has 0 heterocycles. The summed E-state index contributed by atoms with van der Waals surface area (Å²) in [6.45, 7) is 11.9. The summed E-state index contributed by atoms with van der Waals surface area (Å²) in [5.74, 6) is 0.334. The van der Waals surface area contributed by atoms with Crippen molar-refractivity contribution >= 4 is 0 Å². The van der Waals surface area contributed by atoms with Gasteiger partial charge in [-0.2, -0.15) is 0 Å². The van der Waals surface area contributed by atoms with E-state index in [1.807, 2.05) is 12.1 Å². The van der Waals surface area contributed by atoms with Gasteiger partial charge in [0.25, 0.3) is 0 Å². The summed E-state index contributed by atoms with van der Waals surface area (Å²) in [5.41, 5.74) is 8.33. The van der Waals surface area contributed by atoms with Crippen LogP contribution in [0.3, 0.4) is 0 Å². The first kappa shape index (κ1) is 17.0. The highest BCUT2D eigenvalue weighted by atomic mass is 19.1. The zero-order valence-corrected chi connectivity index (χ0v) is 13.5. The van der Waals surface area contributed by atoms with E-state index >= 15 is 0 Å². The topological polar surface area (TPSA) is 46.2 Å². The van der Waals surface area contributed by atoms with Gasteiger partial charge in [-0.15, -0.1) is 0 Å². The van der Waals surface area contributed by atoms with E-state index < -0.39 is 6.67 Å². The number of benzene rings is 1. The lowest BCUT2D eigenvalue weighted by atomic mass is 9.77. The molecule has 1 atom stereocenters. The monoisotopic (exact) mass is 281 g/mol. The number of phenols is 1. The minimum atomic E-state index is -0.433. The normalized spacial score (nSPS) is 14.4. The Balaban J connectivity index is 3.50. The lowest BCUT2D eigenvalue weighted by Gasteiger charge is -2.29. The molecule has 1 aromatic rings. The maximum absolute atomic E-state index is 12.5. The smallest absolute Gasteiger partial charge is 0.123 e. The molecule has 0 saturated heterocycles. The van der Waals surface area contributed by atoms with E-state index in [-0.39, 0.29) is 16.9 Å². The molecule has 0 radical (unpaired) electrons. The number of rotatable bonds is 3. The molecular formula is C17H28FNO. The van der Waals surface area contributed by atoms with Crippen molar-refractivity contribution in [1.29, 1.82) is 0 Å². The molecular weight excluding hydrogens is 253 g/mol. The molecule has 0 bridgehead atoms. The zero-order valence-electron chi connectivity index (χ0n) is 13.5. The summed E-state index contributed by atoms with van der Waals surface area (Å²) in [4.78, 5) is 0. The van der Waals surface area contributed by atoms with Gasteiger partial charge in [-0.25, -0.2) is 0 Å².